The maximum Gasteiger partial charge on any atom is 0.0858 e. The maximum absolute atomic E-state index is 6.18. The van der Waals surface area contributed by atoms with E-state index in [1.165, 1.54) is 36.1 Å². The molecule has 0 spiro atoms. The first kappa shape index (κ1) is 15.0. The molecule has 1 aromatic rings. The van der Waals surface area contributed by atoms with E-state index in [0.717, 1.165) is 19.6 Å². The average molecular weight is 288 g/mol. The van der Waals surface area contributed by atoms with Crippen LogP contribution in [0.2, 0.25) is 0 Å². The maximum atomic E-state index is 6.18. The summed E-state index contributed by atoms with van der Waals surface area (Å²) >= 11 is 0. The molecule has 116 valence electrons. The number of hydrogen-bond acceptors (Lipinski definition) is 3. The van der Waals surface area contributed by atoms with Gasteiger partial charge < -0.3 is 10.1 Å². The minimum atomic E-state index is 0.310. The van der Waals surface area contributed by atoms with Gasteiger partial charge in [-0.1, -0.05) is 23.8 Å². The fraction of sp³-hybridized carbons (Fsp3) is 0.667. The van der Waals surface area contributed by atoms with Crippen molar-refractivity contribution in [3.8, 4) is 0 Å². The summed E-state index contributed by atoms with van der Waals surface area (Å²) in [6.07, 6.45) is 4.01. The average Bonchev–Trinajstić information content (AvgIpc) is 2.95. The minimum Gasteiger partial charge on any atom is -0.374 e. The molecule has 21 heavy (non-hydrogen) atoms. The normalized spacial score (nSPS) is 27.6. The largest absolute Gasteiger partial charge is 0.374 e. The first-order valence-electron chi connectivity index (χ1n) is 8.26. The Labute approximate surface area is 128 Å². The Kier molecular flexibility index (Phi) is 4.63. The molecule has 1 aromatic carbocycles. The molecule has 1 N–H and O–H groups in total. The molecule has 0 bridgehead atoms. The molecule has 2 heterocycles. The lowest BCUT2D eigenvalue weighted by atomic mass is 9.95. The van der Waals surface area contributed by atoms with Crippen LogP contribution < -0.4 is 5.32 Å². The van der Waals surface area contributed by atoms with Gasteiger partial charge in [0.15, 0.2) is 0 Å². The predicted molar refractivity (Wildman–Crippen MR) is 86.8 cm³/mol. The number of nitrogens with zero attached hydrogens (tertiary/aromatic N) is 1. The van der Waals surface area contributed by atoms with E-state index >= 15 is 0 Å². The van der Waals surface area contributed by atoms with Crippen LogP contribution in [0.1, 0.15) is 29.5 Å². The molecule has 0 amide bonds. The number of hydrogen-bond donors (Lipinski definition) is 1. The van der Waals surface area contributed by atoms with Crippen LogP contribution in [-0.4, -0.2) is 49.8 Å². The molecule has 2 fully saturated rings. The third-order valence-electron chi connectivity index (χ3n) is 5.18. The van der Waals surface area contributed by atoms with Crippen LogP contribution in [0.4, 0.5) is 0 Å². The lowest BCUT2D eigenvalue weighted by Gasteiger charge is -2.39. The zero-order chi connectivity index (χ0) is 14.8. The van der Waals surface area contributed by atoms with E-state index in [0.29, 0.717) is 18.2 Å². The van der Waals surface area contributed by atoms with E-state index in [2.05, 4.69) is 49.3 Å². The molecule has 3 unspecified atom stereocenters. The van der Waals surface area contributed by atoms with E-state index in [1.807, 2.05) is 0 Å². The van der Waals surface area contributed by atoms with Crippen LogP contribution in [0, 0.1) is 13.8 Å². The summed E-state index contributed by atoms with van der Waals surface area (Å²) in [4.78, 5) is 2.63. The van der Waals surface area contributed by atoms with E-state index in [-0.39, 0.29) is 0 Å². The number of aryl methyl sites for hydroxylation is 2. The Morgan fingerprint density at radius 3 is 3.05 bits per heavy atom. The first-order chi connectivity index (χ1) is 10.2. The third-order valence-corrected chi connectivity index (χ3v) is 5.18. The number of fused-ring (bicyclic) bond motifs is 1. The van der Waals surface area contributed by atoms with Gasteiger partial charge in [0.1, 0.15) is 0 Å². The second-order valence-corrected chi connectivity index (χ2v) is 6.69. The van der Waals surface area contributed by atoms with E-state index in [1.54, 1.807) is 0 Å². The monoisotopic (exact) mass is 288 g/mol. The van der Waals surface area contributed by atoms with Crippen molar-refractivity contribution in [2.75, 3.05) is 26.7 Å². The highest BCUT2D eigenvalue weighted by atomic mass is 16.5. The smallest absolute Gasteiger partial charge is 0.0858 e. The van der Waals surface area contributed by atoms with Gasteiger partial charge in [0, 0.05) is 18.6 Å². The number of nitrogens with one attached hydrogen (secondary N) is 1. The SMILES string of the molecule is CNC(Cc1cc(C)ccc1C)C1CN2CCCC2CO1. The molecule has 2 aliphatic heterocycles. The summed E-state index contributed by atoms with van der Waals surface area (Å²) < 4.78 is 6.18. The van der Waals surface area contributed by atoms with Crippen LogP contribution >= 0.6 is 0 Å². The van der Waals surface area contributed by atoms with E-state index < -0.39 is 0 Å². The van der Waals surface area contributed by atoms with Crippen LogP contribution in [-0.2, 0) is 11.2 Å². The van der Waals surface area contributed by atoms with Crippen LogP contribution in [0.15, 0.2) is 18.2 Å². The van der Waals surface area contributed by atoms with Crippen LogP contribution in [0.3, 0.4) is 0 Å². The molecule has 3 nitrogen and oxygen atoms in total. The number of rotatable bonds is 4. The van der Waals surface area contributed by atoms with Crippen molar-refractivity contribution in [3.05, 3.63) is 34.9 Å². The Morgan fingerprint density at radius 2 is 2.24 bits per heavy atom. The van der Waals surface area contributed by atoms with Gasteiger partial charge in [0.2, 0.25) is 0 Å². The third kappa shape index (κ3) is 3.31. The molecule has 0 radical (unpaired) electrons. The Bertz CT molecular complexity index is 488. The highest BCUT2D eigenvalue weighted by molar-refractivity contribution is 5.31. The van der Waals surface area contributed by atoms with Crippen molar-refractivity contribution in [2.24, 2.45) is 0 Å². The van der Waals surface area contributed by atoms with Crippen LogP contribution in [0.5, 0.6) is 0 Å². The molecule has 3 heteroatoms. The summed E-state index contributed by atoms with van der Waals surface area (Å²) in [6.45, 7) is 7.63. The molecule has 2 aliphatic rings. The first-order valence-corrected chi connectivity index (χ1v) is 8.26. The van der Waals surface area contributed by atoms with Gasteiger partial charge in [-0.25, -0.2) is 0 Å². The zero-order valence-corrected chi connectivity index (χ0v) is 13.6. The lowest BCUT2D eigenvalue weighted by Crippen LogP contribution is -2.54. The Hall–Kier alpha value is -0.900. The van der Waals surface area contributed by atoms with Gasteiger partial charge in [-0.05, 0) is 57.8 Å². The molecule has 2 saturated heterocycles. The lowest BCUT2D eigenvalue weighted by molar-refractivity contribution is -0.0634. The second-order valence-electron chi connectivity index (χ2n) is 6.69. The van der Waals surface area contributed by atoms with Crippen LogP contribution in [0.25, 0.3) is 0 Å². The Balaban J connectivity index is 1.68. The van der Waals surface area contributed by atoms with Gasteiger partial charge in [-0.2, -0.15) is 0 Å². The van der Waals surface area contributed by atoms with Crippen molar-refractivity contribution >= 4 is 0 Å². The van der Waals surface area contributed by atoms with Crippen molar-refractivity contribution in [2.45, 2.75) is 51.3 Å². The van der Waals surface area contributed by atoms with Crippen molar-refractivity contribution in [1.29, 1.82) is 0 Å². The summed E-state index contributed by atoms with van der Waals surface area (Å²) in [5.41, 5.74) is 4.17. The quantitative estimate of drug-likeness (QED) is 0.920. The Morgan fingerprint density at radius 1 is 1.38 bits per heavy atom. The topological polar surface area (TPSA) is 24.5 Å². The fourth-order valence-corrected chi connectivity index (χ4v) is 3.76. The van der Waals surface area contributed by atoms with E-state index in [9.17, 15) is 0 Å². The zero-order valence-electron chi connectivity index (χ0n) is 13.6. The highest BCUT2D eigenvalue weighted by Gasteiger charge is 2.35. The summed E-state index contributed by atoms with van der Waals surface area (Å²) in [5, 5.41) is 3.50. The van der Waals surface area contributed by atoms with Gasteiger partial charge in [-0.3, -0.25) is 4.90 Å². The van der Waals surface area contributed by atoms with E-state index in [4.69, 9.17) is 4.74 Å². The molecule has 0 saturated carbocycles. The fourth-order valence-electron chi connectivity index (χ4n) is 3.76. The van der Waals surface area contributed by atoms with Gasteiger partial charge in [0.05, 0.1) is 12.7 Å². The molecule has 3 atom stereocenters. The summed E-state index contributed by atoms with van der Waals surface area (Å²) in [5.74, 6) is 0. The van der Waals surface area contributed by atoms with Gasteiger partial charge in [-0.15, -0.1) is 0 Å². The summed E-state index contributed by atoms with van der Waals surface area (Å²) in [7, 11) is 2.06. The molecule has 0 aliphatic carbocycles. The minimum absolute atomic E-state index is 0.310. The van der Waals surface area contributed by atoms with Gasteiger partial charge >= 0.3 is 0 Å². The van der Waals surface area contributed by atoms with Gasteiger partial charge in [0.25, 0.3) is 0 Å². The summed E-state index contributed by atoms with van der Waals surface area (Å²) in [6, 6.07) is 7.82. The molecular formula is C18H28N2O. The molecular weight excluding hydrogens is 260 g/mol. The predicted octanol–water partition coefficient (Wildman–Crippen LogP) is 2.30. The molecule has 0 aromatic heterocycles. The number of benzene rings is 1. The number of morpholine rings is 1. The van der Waals surface area contributed by atoms with Crippen molar-refractivity contribution < 1.29 is 4.74 Å². The van der Waals surface area contributed by atoms with Crippen molar-refractivity contribution in [1.82, 2.24) is 10.2 Å². The number of ether oxygens (including phenoxy) is 1. The highest BCUT2D eigenvalue weighted by Crippen LogP contribution is 2.25. The number of likely N-dealkylation sites (N-methyl/N-ethyl adjacent to an activating group) is 1. The van der Waals surface area contributed by atoms with Crippen molar-refractivity contribution in [3.63, 3.8) is 0 Å². The molecule has 3 rings (SSSR count). The second kappa shape index (κ2) is 6.47. The standard InChI is InChI=1S/C18H28N2O/c1-13-6-7-14(2)15(9-13)10-17(19-3)18-11-20-8-4-5-16(20)12-21-18/h6-7,9,16-19H,4-5,8,10-12H2,1-3H3.